The molecule has 1 aromatic heterocycles. The first-order valence-corrected chi connectivity index (χ1v) is 7.37. The molecule has 1 saturated heterocycles. The lowest BCUT2D eigenvalue weighted by Gasteiger charge is -2.16. The molecule has 6 nitrogen and oxygen atoms in total. The van der Waals surface area contributed by atoms with Crippen LogP contribution < -0.4 is 10.0 Å². The molecule has 1 fully saturated rings. The molecule has 98 valence electrons. The quantitative estimate of drug-likeness (QED) is 0.814. The van der Waals surface area contributed by atoms with Gasteiger partial charge in [-0.15, -0.1) is 0 Å². The summed E-state index contributed by atoms with van der Waals surface area (Å²) in [5, 5.41) is 5.27. The van der Waals surface area contributed by atoms with Crippen molar-refractivity contribution in [3.63, 3.8) is 0 Å². The van der Waals surface area contributed by atoms with Crippen LogP contribution in [0.25, 0.3) is 0 Å². The summed E-state index contributed by atoms with van der Waals surface area (Å²) < 4.78 is 22.0. The van der Waals surface area contributed by atoms with E-state index in [-0.39, 0.29) is 29.2 Å². The third-order valence-corrected chi connectivity index (χ3v) is 3.84. The van der Waals surface area contributed by atoms with E-state index in [9.17, 15) is 13.2 Å². The molecule has 1 atom stereocenters. The summed E-state index contributed by atoms with van der Waals surface area (Å²) >= 11 is 5.75. The largest absolute Gasteiger partial charge is 0.312 e. The Kier molecular flexibility index (Phi) is 3.56. The molecule has 1 amide bonds. The first-order chi connectivity index (χ1) is 8.35. The number of amides is 1. The number of hydrogen-bond donors (Lipinski definition) is 1. The molecule has 0 saturated carbocycles. The summed E-state index contributed by atoms with van der Waals surface area (Å²) in [5.74, 6) is -0.598. The predicted octanol–water partition coefficient (Wildman–Crippen LogP) is 0.376. The van der Waals surface area contributed by atoms with E-state index >= 15 is 0 Å². The van der Waals surface area contributed by atoms with Gasteiger partial charge in [-0.25, -0.2) is 18.5 Å². The van der Waals surface area contributed by atoms with Gasteiger partial charge in [0.05, 0.1) is 5.75 Å². The summed E-state index contributed by atoms with van der Waals surface area (Å²) in [4.78, 5) is 17.1. The normalized spacial score (nSPS) is 20.4. The van der Waals surface area contributed by atoms with Crippen molar-refractivity contribution in [3.8, 4) is 0 Å². The van der Waals surface area contributed by atoms with Gasteiger partial charge >= 0.3 is 0 Å². The van der Waals surface area contributed by atoms with Crippen molar-refractivity contribution in [2.75, 3.05) is 17.2 Å². The molecule has 2 N–H and O–H groups in total. The Hall–Kier alpha value is -1.18. The number of carbonyl (C=O) groups is 1. The Morgan fingerprint density at radius 2 is 2.28 bits per heavy atom. The van der Waals surface area contributed by atoms with Gasteiger partial charge < -0.3 is 4.90 Å². The first-order valence-electron chi connectivity index (χ1n) is 5.27. The van der Waals surface area contributed by atoms with E-state index in [2.05, 4.69) is 4.98 Å². The van der Waals surface area contributed by atoms with E-state index < -0.39 is 10.0 Å². The summed E-state index contributed by atoms with van der Waals surface area (Å²) in [6.07, 6.45) is 1.67. The van der Waals surface area contributed by atoms with Crippen LogP contribution in [0, 0.1) is 5.92 Å². The molecule has 18 heavy (non-hydrogen) atoms. The summed E-state index contributed by atoms with van der Waals surface area (Å²) in [6, 6.07) is 3.22. The molecule has 0 spiro atoms. The van der Waals surface area contributed by atoms with Gasteiger partial charge in [0.15, 0.2) is 0 Å². The lowest BCUT2D eigenvalue weighted by Crippen LogP contribution is -2.27. The van der Waals surface area contributed by atoms with Crippen LogP contribution in [0.15, 0.2) is 18.3 Å². The third kappa shape index (κ3) is 3.18. The van der Waals surface area contributed by atoms with Gasteiger partial charge in [0, 0.05) is 30.8 Å². The van der Waals surface area contributed by atoms with Gasteiger partial charge in [-0.1, -0.05) is 11.6 Å². The average Bonchev–Trinajstić information content (AvgIpc) is 2.56. The van der Waals surface area contributed by atoms with Gasteiger partial charge in [0.25, 0.3) is 0 Å². The number of sulfonamides is 1. The number of carbonyl (C=O) groups excluding carboxylic acids is 1. The first kappa shape index (κ1) is 13.3. The highest BCUT2D eigenvalue weighted by atomic mass is 35.5. The fraction of sp³-hybridized carbons (Fsp3) is 0.400. The number of anilines is 1. The molecule has 0 aliphatic carbocycles. The van der Waals surface area contributed by atoms with Crippen molar-refractivity contribution in [3.05, 3.63) is 23.5 Å². The highest BCUT2D eigenvalue weighted by Crippen LogP contribution is 2.26. The zero-order valence-electron chi connectivity index (χ0n) is 9.41. The molecule has 1 aliphatic rings. The average molecular weight is 290 g/mol. The molecule has 0 radical (unpaired) electrons. The van der Waals surface area contributed by atoms with Crippen molar-refractivity contribution in [1.29, 1.82) is 0 Å². The second-order valence-corrected chi connectivity index (χ2v) is 6.29. The SMILES string of the molecule is NS(=O)(=O)CC1CC(=O)N(c2ccnc(Cl)c2)C1. The van der Waals surface area contributed by atoms with Crippen molar-refractivity contribution in [2.45, 2.75) is 6.42 Å². The fourth-order valence-electron chi connectivity index (χ4n) is 2.03. The number of rotatable bonds is 3. The Balaban J connectivity index is 2.15. The van der Waals surface area contributed by atoms with Gasteiger partial charge in [-0.05, 0) is 12.1 Å². The topological polar surface area (TPSA) is 93.4 Å². The molecule has 1 unspecified atom stereocenters. The molecular formula is C10H12ClN3O3S. The molecule has 1 aliphatic heterocycles. The Bertz CT molecular complexity index is 575. The fourth-order valence-corrected chi connectivity index (χ4v) is 3.08. The van der Waals surface area contributed by atoms with Crippen molar-refractivity contribution in [1.82, 2.24) is 4.98 Å². The van der Waals surface area contributed by atoms with E-state index in [4.69, 9.17) is 16.7 Å². The van der Waals surface area contributed by atoms with Crippen molar-refractivity contribution in [2.24, 2.45) is 11.1 Å². The van der Waals surface area contributed by atoms with E-state index in [0.717, 1.165) is 0 Å². The number of pyridine rings is 1. The van der Waals surface area contributed by atoms with Gasteiger partial charge in [-0.3, -0.25) is 4.79 Å². The number of nitrogens with zero attached hydrogens (tertiary/aromatic N) is 2. The van der Waals surface area contributed by atoms with Crippen LogP contribution in [-0.2, 0) is 14.8 Å². The maximum absolute atomic E-state index is 11.8. The molecule has 0 aromatic carbocycles. The molecular weight excluding hydrogens is 278 g/mol. The van der Waals surface area contributed by atoms with Crippen LogP contribution in [0.5, 0.6) is 0 Å². The number of primary sulfonamides is 1. The number of nitrogens with two attached hydrogens (primary N) is 1. The zero-order valence-corrected chi connectivity index (χ0v) is 11.0. The van der Waals surface area contributed by atoms with Crippen LogP contribution >= 0.6 is 11.6 Å². The minimum atomic E-state index is -3.56. The van der Waals surface area contributed by atoms with Gasteiger partial charge in [0.2, 0.25) is 15.9 Å². The molecule has 1 aromatic rings. The minimum Gasteiger partial charge on any atom is -0.312 e. The summed E-state index contributed by atoms with van der Waals surface area (Å²) in [6.45, 7) is 0.329. The van der Waals surface area contributed by atoms with Crippen LogP contribution in [0.1, 0.15) is 6.42 Å². The molecule has 0 bridgehead atoms. The molecule has 2 rings (SSSR count). The minimum absolute atomic E-state index is 0.133. The van der Waals surface area contributed by atoms with Crippen molar-refractivity contribution >= 4 is 33.2 Å². The Morgan fingerprint density at radius 3 is 2.89 bits per heavy atom. The molecule has 2 heterocycles. The lowest BCUT2D eigenvalue weighted by atomic mass is 10.1. The monoisotopic (exact) mass is 289 g/mol. The van der Waals surface area contributed by atoms with Crippen LogP contribution in [-0.4, -0.2) is 31.6 Å². The van der Waals surface area contributed by atoms with Crippen LogP contribution in [0.3, 0.4) is 0 Å². The maximum atomic E-state index is 11.8. The Labute approximate surface area is 110 Å². The van der Waals surface area contributed by atoms with Crippen molar-refractivity contribution < 1.29 is 13.2 Å². The third-order valence-electron chi connectivity index (χ3n) is 2.69. The lowest BCUT2D eigenvalue weighted by molar-refractivity contribution is -0.117. The standard InChI is InChI=1S/C10H12ClN3O3S/c11-9-4-8(1-2-13-9)14-5-7(3-10(14)15)6-18(12,16)17/h1-2,4,7H,3,5-6H2,(H2,12,16,17). The van der Waals surface area contributed by atoms with Crippen LogP contribution in [0.4, 0.5) is 5.69 Å². The van der Waals surface area contributed by atoms with E-state index in [1.54, 1.807) is 12.1 Å². The summed E-state index contributed by atoms with van der Waals surface area (Å²) in [7, 11) is -3.56. The maximum Gasteiger partial charge on any atom is 0.227 e. The van der Waals surface area contributed by atoms with E-state index in [0.29, 0.717) is 12.2 Å². The van der Waals surface area contributed by atoms with Gasteiger partial charge in [-0.2, -0.15) is 0 Å². The number of halogens is 1. The highest BCUT2D eigenvalue weighted by Gasteiger charge is 2.32. The smallest absolute Gasteiger partial charge is 0.227 e. The van der Waals surface area contributed by atoms with Crippen LogP contribution in [0.2, 0.25) is 5.15 Å². The predicted molar refractivity (Wildman–Crippen MR) is 67.7 cm³/mol. The Morgan fingerprint density at radius 1 is 1.56 bits per heavy atom. The van der Waals surface area contributed by atoms with E-state index in [1.165, 1.54) is 11.1 Å². The van der Waals surface area contributed by atoms with E-state index in [1.807, 2.05) is 0 Å². The zero-order chi connectivity index (χ0) is 13.3. The molecule has 8 heteroatoms. The summed E-state index contributed by atoms with van der Waals surface area (Å²) in [5.41, 5.74) is 0.622. The second kappa shape index (κ2) is 4.83. The highest BCUT2D eigenvalue weighted by molar-refractivity contribution is 7.89. The number of hydrogen-bond acceptors (Lipinski definition) is 4. The van der Waals surface area contributed by atoms with Gasteiger partial charge in [0.1, 0.15) is 5.15 Å². The number of aromatic nitrogens is 1. The second-order valence-electron chi connectivity index (χ2n) is 4.24.